The molecule has 2 rings (SSSR count). The van der Waals surface area contributed by atoms with E-state index in [-0.39, 0.29) is 22.7 Å². The number of aliphatic hydroxyl groups excluding tert-OH is 3. The average Bonchev–Trinajstić information content (AvgIpc) is 2.47. The van der Waals surface area contributed by atoms with Crippen LogP contribution in [0.5, 0.6) is 0 Å². The number of hydrogen-bond acceptors (Lipinski definition) is 4. The molecule has 2 saturated carbocycles. The van der Waals surface area contributed by atoms with Gasteiger partial charge in [-0.1, -0.05) is 46.4 Å². The van der Waals surface area contributed by atoms with Crippen molar-refractivity contribution in [3.63, 3.8) is 0 Å². The highest BCUT2D eigenvalue weighted by Crippen LogP contribution is 2.63. The van der Waals surface area contributed by atoms with Crippen LogP contribution < -0.4 is 0 Å². The summed E-state index contributed by atoms with van der Waals surface area (Å²) >= 11 is 0. The molecule has 0 radical (unpaired) electrons. The SMILES string of the molecule is C=CC(=C)[C@H](O)C[C@H]1[C@](C)(O)[C@@H](O)[C@H](O)[C@H]2C(C)(C)CCC[C@@]21C. The highest BCUT2D eigenvalue weighted by molar-refractivity contribution is 5.20. The molecule has 0 spiro atoms. The fourth-order valence-corrected chi connectivity index (χ4v) is 5.79. The Kier molecular flexibility index (Phi) is 5.11. The molecule has 7 atom stereocenters. The lowest BCUT2D eigenvalue weighted by Gasteiger charge is -2.64. The molecule has 0 amide bonds. The van der Waals surface area contributed by atoms with Gasteiger partial charge >= 0.3 is 0 Å². The normalized spacial score (nSPS) is 46.0. The first-order chi connectivity index (χ1) is 10.9. The van der Waals surface area contributed by atoms with Gasteiger partial charge in [-0.2, -0.15) is 0 Å². The molecule has 0 bridgehead atoms. The summed E-state index contributed by atoms with van der Waals surface area (Å²) in [4.78, 5) is 0. The van der Waals surface area contributed by atoms with Crippen LogP contribution in [-0.4, -0.2) is 44.3 Å². The maximum absolute atomic E-state index is 11.1. The van der Waals surface area contributed by atoms with E-state index in [9.17, 15) is 20.4 Å². The molecule has 0 aromatic rings. The van der Waals surface area contributed by atoms with Crippen molar-refractivity contribution in [2.75, 3.05) is 0 Å². The van der Waals surface area contributed by atoms with Crippen molar-refractivity contribution in [2.24, 2.45) is 22.7 Å². The van der Waals surface area contributed by atoms with Crippen LogP contribution in [-0.2, 0) is 0 Å². The van der Waals surface area contributed by atoms with Crippen molar-refractivity contribution in [2.45, 2.75) is 77.3 Å². The fraction of sp³-hybridized carbons (Fsp3) is 0.800. The van der Waals surface area contributed by atoms with Crippen LogP contribution in [0.25, 0.3) is 0 Å². The molecule has 0 aromatic carbocycles. The summed E-state index contributed by atoms with van der Waals surface area (Å²) < 4.78 is 0. The topological polar surface area (TPSA) is 80.9 Å². The number of aliphatic hydroxyl groups is 4. The molecular formula is C20H34O4. The molecule has 0 aromatic heterocycles. The van der Waals surface area contributed by atoms with E-state index < -0.39 is 23.9 Å². The Balaban J connectivity index is 2.48. The molecule has 138 valence electrons. The van der Waals surface area contributed by atoms with E-state index in [0.717, 1.165) is 19.3 Å². The van der Waals surface area contributed by atoms with Gasteiger partial charge in [0.1, 0.15) is 6.10 Å². The predicted molar refractivity (Wildman–Crippen MR) is 95.3 cm³/mol. The largest absolute Gasteiger partial charge is 0.390 e. The quantitative estimate of drug-likeness (QED) is 0.594. The van der Waals surface area contributed by atoms with Gasteiger partial charge in [0.15, 0.2) is 0 Å². The first-order valence-corrected chi connectivity index (χ1v) is 8.97. The highest BCUT2D eigenvalue weighted by atomic mass is 16.4. The van der Waals surface area contributed by atoms with Gasteiger partial charge in [-0.15, -0.1) is 0 Å². The Labute approximate surface area is 145 Å². The molecule has 0 heterocycles. The molecule has 4 heteroatoms. The Morgan fingerprint density at radius 2 is 1.79 bits per heavy atom. The van der Waals surface area contributed by atoms with Crippen molar-refractivity contribution >= 4 is 0 Å². The first kappa shape index (κ1) is 19.6. The molecular weight excluding hydrogens is 304 g/mol. The third-order valence-electron chi connectivity index (χ3n) is 7.00. The minimum Gasteiger partial charge on any atom is -0.390 e. The van der Waals surface area contributed by atoms with Crippen molar-refractivity contribution < 1.29 is 20.4 Å². The van der Waals surface area contributed by atoms with Gasteiger partial charge in [0.05, 0.1) is 17.8 Å². The van der Waals surface area contributed by atoms with Gasteiger partial charge in [-0.25, -0.2) is 0 Å². The number of fused-ring (bicyclic) bond motifs is 1. The smallest absolute Gasteiger partial charge is 0.109 e. The predicted octanol–water partition coefficient (Wildman–Crippen LogP) is 2.41. The van der Waals surface area contributed by atoms with E-state index in [2.05, 4.69) is 33.9 Å². The second-order valence-electron chi connectivity index (χ2n) is 9.07. The van der Waals surface area contributed by atoms with Crippen LogP contribution >= 0.6 is 0 Å². The van der Waals surface area contributed by atoms with Gasteiger partial charge in [0, 0.05) is 0 Å². The molecule has 4 N–H and O–H groups in total. The Hall–Kier alpha value is -0.680. The molecule has 24 heavy (non-hydrogen) atoms. The lowest BCUT2D eigenvalue weighted by molar-refractivity contribution is -0.269. The van der Waals surface area contributed by atoms with E-state index in [1.165, 1.54) is 6.08 Å². The molecule has 0 unspecified atom stereocenters. The van der Waals surface area contributed by atoms with Crippen molar-refractivity contribution in [3.8, 4) is 0 Å². The fourth-order valence-electron chi connectivity index (χ4n) is 5.79. The monoisotopic (exact) mass is 338 g/mol. The molecule has 2 aliphatic carbocycles. The van der Waals surface area contributed by atoms with Crippen LogP contribution in [0.15, 0.2) is 24.8 Å². The zero-order chi connectivity index (χ0) is 18.5. The van der Waals surface area contributed by atoms with Crippen LogP contribution in [0.1, 0.15) is 53.4 Å². The number of rotatable bonds is 4. The Morgan fingerprint density at radius 1 is 1.21 bits per heavy atom. The summed E-state index contributed by atoms with van der Waals surface area (Å²) in [5.74, 6) is -0.483. The van der Waals surface area contributed by atoms with Gasteiger partial charge in [-0.05, 0) is 54.4 Å². The Bertz CT molecular complexity index is 510. The van der Waals surface area contributed by atoms with Crippen LogP contribution in [0.4, 0.5) is 0 Å². The highest BCUT2D eigenvalue weighted by Gasteiger charge is 2.65. The van der Waals surface area contributed by atoms with Crippen LogP contribution in [0.2, 0.25) is 0 Å². The zero-order valence-electron chi connectivity index (χ0n) is 15.5. The minimum atomic E-state index is -1.47. The maximum atomic E-state index is 11.1. The van der Waals surface area contributed by atoms with E-state index in [4.69, 9.17) is 0 Å². The lowest BCUT2D eigenvalue weighted by atomic mass is 9.43. The standard InChI is InChI=1S/C20H34O4/c1-7-12(2)13(21)11-14-19(5)10-8-9-18(3,4)16(19)15(22)17(23)20(14,6)24/h7,13-17,21-24H,1-2,8-11H2,3-6H3/t13-,14-,15-,16+,17+,19-,20+/m1/s1. The van der Waals surface area contributed by atoms with Crippen molar-refractivity contribution in [3.05, 3.63) is 24.8 Å². The second-order valence-corrected chi connectivity index (χ2v) is 9.07. The van der Waals surface area contributed by atoms with Crippen LogP contribution in [0, 0.1) is 22.7 Å². The van der Waals surface area contributed by atoms with E-state index in [1.54, 1.807) is 6.92 Å². The van der Waals surface area contributed by atoms with Crippen molar-refractivity contribution in [1.82, 2.24) is 0 Å². The van der Waals surface area contributed by atoms with Gasteiger partial charge < -0.3 is 20.4 Å². The Morgan fingerprint density at radius 3 is 2.33 bits per heavy atom. The van der Waals surface area contributed by atoms with Crippen LogP contribution in [0.3, 0.4) is 0 Å². The molecule has 2 fully saturated rings. The number of hydrogen-bond donors (Lipinski definition) is 4. The maximum Gasteiger partial charge on any atom is 0.109 e. The summed E-state index contributed by atoms with van der Waals surface area (Å²) in [6, 6.07) is 0. The summed E-state index contributed by atoms with van der Waals surface area (Å²) in [5.41, 5.74) is -1.46. The van der Waals surface area contributed by atoms with Gasteiger partial charge in [-0.3, -0.25) is 0 Å². The third-order valence-corrected chi connectivity index (χ3v) is 7.00. The van der Waals surface area contributed by atoms with E-state index in [0.29, 0.717) is 12.0 Å². The summed E-state index contributed by atoms with van der Waals surface area (Å²) in [5, 5.41) is 43.0. The lowest BCUT2D eigenvalue weighted by Crippen LogP contribution is -2.70. The average molecular weight is 338 g/mol. The summed E-state index contributed by atoms with van der Waals surface area (Å²) in [6.45, 7) is 15.4. The third kappa shape index (κ3) is 2.88. The molecule has 0 saturated heterocycles. The van der Waals surface area contributed by atoms with Gasteiger partial charge in [0.2, 0.25) is 0 Å². The zero-order valence-corrected chi connectivity index (χ0v) is 15.5. The second kappa shape index (κ2) is 6.24. The molecule has 0 aliphatic heterocycles. The summed E-state index contributed by atoms with van der Waals surface area (Å²) in [7, 11) is 0. The van der Waals surface area contributed by atoms with Crippen molar-refractivity contribution in [1.29, 1.82) is 0 Å². The van der Waals surface area contributed by atoms with E-state index >= 15 is 0 Å². The molecule has 2 aliphatic rings. The summed E-state index contributed by atoms with van der Waals surface area (Å²) in [6.07, 6.45) is 1.64. The first-order valence-electron chi connectivity index (χ1n) is 8.97. The van der Waals surface area contributed by atoms with Gasteiger partial charge in [0.25, 0.3) is 0 Å². The van der Waals surface area contributed by atoms with E-state index in [1.807, 2.05) is 0 Å². The minimum absolute atomic E-state index is 0.136. The molecule has 4 nitrogen and oxygen atoms in total.